The first-order valence-corrected chi connectivity index (χ1v) is 9.47. The molecule has 2 aromatic carbocycles. The third kappa shape index (κ3) is 3.58. The lowest BCUT2D eigenvalue weighted by atomic mass is 10.1. The van der Waals surface area contributed by atoms with E-state index in [4.69, 9.17) is 0 Å². The maximum Gasteiger partial charge on any atom is 0.352 e. The Kier molecular flexibility index (Phi) is 4.89. The lowest BCUT2D eigenvalue weighted by Crippen LogP contribution is -2.15. The molecule has 9 nitrogen and oxygen atoms in total. The topological polar surface area (TPSA) is 132 Å². The van der Waals surface area contributed by atoms with Crippen LogP contribution in [-0.2, 0) is 10.0 Å². The number of rotatable bonds is 6. The highest BCUT2D eigenvalue weighted by Gasteiger charge is 2.25. The Morgan fingerprint density at radius 1 is 1.14 bits per heavy atom. The van der Waals surface area contributed by atoms with E-state index in [1.54, 1.807) is 25.3 Å². The Labute approximate surface area is 160 Å². The number of para-hydroxylation sites is 1. The van der Waals surface area contributed by atoms with Gasteiger partial charge in [0.1, 0.15) is 5.69 Å². The molecule has 0 fully saturated rings. The second kappa shape index (κ2) is 7.16. The highest BCUT2D eigenvalue weighted by Crippen LogP contribution is 2.27. The number of anilines is 1. The third-order valence-corrected chi connectivity index (χ3v) is 5.46. The maximum absolute atomic E-state index is 12.6. The number of hydrogen-bond donors (Lipinski definition) is 2. The van der Waals surface area contributed by atoms with Gasteiger partial charge in [-0.05, 0) is 48.9 Å². The number of carbonyl (C=O) groups is 1. The summed E-state index contributed by atoms with van der Waals surface area (Å²) in [6.45, 7) is 1.70. The van der Waals surface area contributed by atoms with E-state index >= 15 is 0 Å². The summed E-state index contributed by atoms with van der Waals surface area (Å²) in [5.41, 5.74) is 0.916. The van der Waals surface area contributed by atoms with Crippen LogP contribution in [-0.4, -0.2) is 29.0 Å². The molecule has 28 heavy (non-hydrogen) atoms. The van der Waals surface area contributed by atoms with Crippen LogP contribution in [0.5, 0.6) is 0 Å². The Hall–Kier alpha value is -3.66. The van der Waals surface area contributed by atoms with Crippen LogP contribution in [0.4, 0.5) is 11.4 Å². The van der Waals surface area contributed by atoms with E-state index in [1.807, 2.05) is 0 Å². The molecule has 0 spiro atoms. The molecule has 144 valence electrons. The molecule has 1 heterocycles. The standard InChI is InChI=1S/C18H15N3O6S/c1-12-11-13(8-9-14(12)20-10-4-6-16(20)18(22)23)19-28(26,27)17-7-3-2-5-15(17)21(24)25/h2-11,19H,1H3,(H,22,23). The molecule has 0 unspecified atom stereocenters. The van der Waals surface area contributed by atoms with Gasteiger partial charge >= 0.3 is 5.97 Å². The Morgan fingerprint density at radius 3 is 2.50 bits per heavy atom. The maximum atomic E-state index is 12.6. The van der Waals surface area contributed by atoms with E-state index in [-0.39, 0.29) is 11.4 Å². The van der Waals surface area contributed by atoms with Crippen LogP contribution >= 0.6 is 0 Å². The fraction of sp³-hybridized carbons (Fsp3) is 0.0556. The van der Waals surface area contributed by atoms with E-state index < -0.39 is 31.5 Å². The first-order chi connectivity index (χ1) is 13.2. The van der Waals surface area contributed by atoms with Gasteiger partial charge in [-0.3, -0.25) is 14.8 Å². The van der Waals surface area contributed by atoms with Gasteiger partial charge in [-0.25, -0.2) is 13.2 Å². The largest absolute Gasteiger partial charge is 0.477 e. The van der Waals surface area contributed by atoms with Crippen LogP contribution in [0.1, 0.15) is 16.1 Å². The van der Waals surface area contributed by atoms with E-state index in [9.17, 15) is 28.4 Å². The van der Waals surface area contributed by atoms with Gasteiger partial charge in [0.15, 0.2) is 4.90 Å². The second-order valence-corrected chi connectivity index (χ2v) is 7.55. The van der Waals surface area contributed by atoms with Gasteiger partial charge in [-0.2, -0.15) is 0 Å². The van der Waals surface area contributed by atoms with Crippen molar-refractivity contribution >= 4 is 27.4 Å². The van der Waals surface area contributed by atoms with Gasteiger partial charge in [-0.15, -0.1) is 0 Å². The molecule has 0 aliphatic heterocycles. The Bertz CT molecular complexity index is 1180. The lowest BCUT2D eigenvalue weighted by Gasteiger charge is -2.13. The number of nitro groups is 1. The quantitative estimate of drug-likeness (QED) is 0.482. The van der Waals surface area contributed by atoms with E-state index in [0.29, 0.717) is 11.3 Å². The first-order valence-electron chi connectivity index (χ1n) is 7.98. The third-order valence-electron chi connectivity index (χ3n) is 4.03. The normalized spacial score (nSPS) is 11.2. The minimum absolute atomic E-state index is 0.0661. The molecule has 0 bridgehead atoms. The summed E-state index contributed by atoms with van der Waals surface area (Å²) >= 11 is 0. The number of carboxylic acids is 1. The SMILES string of the molecule is Cc1cc(NS(=O)(=O)c2ccccc2[N+](=O)[O-])ccc1-n1cccc1C(=O)O. The minimum Gasteiger partial charge on any atom is -0.477 e. The lowest BCUT2D eigenvalue weighted by molar-refractivity contribution is -0.387. The van der Waals surface area contributed by atoms with Crippen molar-refractivity contribution in [3.8, 4) is 5.69 Å². The summed E-state index contributed by atoms with van der Waals surface area (Å²) < 4.78 is 29.0. The number of carboxylic acid groups (broad SMARTS) is 1. The first kappa shape index (κ1) is 19.1. The molecule has 0 saturated carbocycles. The number of nitrogens with zero attached hydrogens (tertiary/aromatic N) is 2. The molecular weight excluding hydrogens is 386 g/mol. The number of aryl methyl sites for hydroxylation is 1. The number of aromatic nitrogens is 1. The summed E-state index contributed by atoms with van der Waals surface area (Å²) in [4.78, 5) is 21.2. The molecule has 3 aromatic rings. The van der Waals surface area contributed by atoms with Crippen molar-refractivity contribution in [3.63, 3.8) is 0 Å². The molecule has 2 N–H and O–H groups in total. The fourth-order valence-electron chi connectivity index (χ4n) is 2.80. The van der Waals surface area contributed by atoms with E-state index in [0.717, 1.165) is 12.1 Å². The highest BCUT2D eigenvalue weighted by atomic mass is 32.2. The molecule has 0 aliphatic rings. The van der Waals surface area contributed by atoms with Crippen LogP contribution in [0.2, 0.25) is 0 Å². The van der Waals surface area contributed by atoms with E-state index in [2.05, 4.69) is 4.72 Å². The Morgan fingerprint density at radius 2 is 1.86 bits per heavy atom. The molecule has 3 rings (SSSR count). The van der Waals surface area contributed by atoms with Gasteiger partial charge in [0.25, 0.3) is 15.7 Å². The van der Waals surface area contributed by atoms with Crippen LogP contribution in [0.15, 0.2) is 65.7 Å². The predicted octanol–water partition coefficient (Wildman–Crippen LogP) is 3.19. The minimum atomic E-state index is -4.19. The van der Waals surface area contributed by atoms with Crippen LogP contribution in [0.3, 0.4) is 0 Å². The molecular formula is C18H15N3O6S. The van der Waals surface area contributed by atoms with E-state index in [1.165, 1.54) is 34.9 Å². The highest BCUT2D eigenvalue weighted by molar-refractivity contribution is 7.92. The monoisotopic (exact) mass is 401 g/mol. The van der Waals surface area contributed by atoms with Gasteiger partial charge in [-0.1, -0.05) is 12.1 Å². The van der Waals surface area contributed by atoms with Crippen molar-refractivity contribution < 1.29 is 23.2 Å². The van der Waals surface area contributed by atoms with Crippen LogP contribution in [0, 0.1) is 17.0 Å². The van der Waals surface area contributed by atoms with Crippen LogP contribution in [0.25, 0.3) is 5.69 Å². The average molecular weight is 401 g/mol. The van der Waals surface area contributed by atoms with Crippen molar-refractivity contribution in [2.24, 2.45) is 0 Å². The number of hydrogen-bond acceptors (Lipinski definition) is 5. The van der Waals surface area contributed by atoms with Gasteiger partial charge < -0.3 is 9.67 Å². The van der Waals surface area contributed by atoms with Crippen molar-refractivity contribution in [1.82, 2.24) is 4.57 Å². The Balaban J connectivity index is 1.96. The number of nitrogens with one attached hydrogen (secondary N) is 1. The van der Waals surface area contributed by atoms with Gasteiger partial charge in [0.2, 0.25) is 0 Å². The van der Waals surface area contributed by atoms with Crippen molar-refractivity contribution in [2.45, 2.75) is 11.8 Å². The zero-order chi connectivity index (χ0) is 20.5. The van der Waals surface area contributed by atoms with Gasteiger partial charge in [0, 0.05) is 23.6 Å². The summed E-state index contributed by atoms with van der Waals surface area (Å²) in [6.07, 6.45) is 1.59. The van der Waals surface area contributed by atoms with Crippen molar-refractivity contribution in [3.05, 3.63) is 82.2 Å². The molecule has 0 amide bonds. The smallest absolute Gasteiger partial charge is 0.352 e. The molecule has 10 heteroatoms. The number of sulfonamides is 1. The molecule has 0 atom stereocenters. The summed E-state index contributed by atoms with van der Waals surface area (Å²) in [5.74, 6) is -1.09. The molecule has 1 aromatic heterocycles. The zero-order valence-electron chi connectivity index (χ0n) is 14.6. The zero-order valence-corrected chi connectivity index (χ0v) is 15.4. The predicted molar refractivity (Wildman–Crippen MR) is 101 cm³/mol. The van der Waals surface area contributed by atoms with Crippen LogP contribution < -0.4 is 4.72 Å². The number of aromatic carboxylic acids is 1. The summed E-state index contributed by atoms with van der Waals surface area (Å²) in [5, 5.41) is 20.3. The number of nitro benzene ring substituents is 1. The van der Waals surface area contributed by atoms with Crippen molar-refractivity contribution in [1.29, 1.82) is 0 Å². The average Bonchev–Trinajstić information content (AvgIpc) is 3.11. The molecule has 0 saturated heterocycles. The second-order valence-electron chi connectivity index (χ2n) is 5.90. The van der Waals surface area contributed by atoms with Crippen molar-refractivity contribution in [2.75, 3.05) is 4.72 Å². The number of benzene rings is 2. The van der Waals surface area contributed by atoms with Gasteiger partial charge in [0.05, 0.1) is 4.92 Å². The molecule has 0 radical (unpaired) electrons. The fourth-order valence-corrected chi connectivity index (χ4v) is 4.02. The molecule has 0 aliphatic carbocycles. The summed E-state index contributed by atoms with van der Waals surface area (Å²) in [7, 11) is -4.19. The summed E-state index contributed by atoms with van der Waals surface area (Å²) in [6, 6.07) is 12.6.